The van der Waals surface area contributed by atoms with E-state index in [9.17, 15) is 9.59 Å². The molecule has 1 heterocycles. The van der Waals surface area contributed by atoms with Crippen molar-refractivity contribution in [2.75, 3.05) is 33.9 Å². The molecule has 31 heavy (non-hydrogen) atoms. The van der Waals surface area contributed by atoms with E-state index < -0.39 is 0 Å². The molecule has 0 radical (unpaired) electrons. The second-order valence-electron chi connectivity index (χ2n) is 7.44. The van der Waals surface area contributed by atoms with Gasteiger partial charge in [-0.15, -0.1) is 0 Å². The fourth-order valence-corrected chi connectivity index (χ4v) is 4.01. The van der Waals surface area contributed by atoms with Crippen molar-refractivity contribution in [3.05, 3.63) is 57.6 Å². The van der Waals surface area contributed by atoms with Crippen molar-refractivity contribution in [1.82, 2.24) is 10.2 Å². The maximum absolute atomic E-state index is 12.8. The van der Waals surface area contributed by atoms with Crippen LogP contribution in [0.25, 0.3) is 0 Å². The highest BCUT2D eigenvalue weighted by Gasteiger charge is 2.29. The topological polar surface area (TPSA) is 67.9 Å². The third kappa shape index (κ3) is 5.83. The standard InChI is InChI=1S/C23H26Cl2N2O4/c1-30-18-7-5-15(21(13-18)31-2)9-10-26-22(28)17-4-3-11-27(14-17)23(29)16-6-8-19(24)20(25)12-16/h5-8,12-13,17H,3-4,9-11,14H2,1-2H3,(H,26,28). The zero-order chi connectivity index (χ0) is 22.4. The maximum Gasteiger partial charge on any atom is 0.253 e. The summed E-state index contributed by atoms with van der Waals surface area (Å²) in [6, 6.07) is 10.5. The van der Waals surface area contributed by atoms with E-state index in [1.165, 1.54) is 0 Å². The van der Waals surface area contributed by atoms with Crippen LogP contribution in [0.5, 0.6) is 11.5 Å². The fraction of sp³-hybridized carbons (Fsp3) is 0.391. The van der Waals surface area contributed by atoms with Gasteiger partial charge in [0.25, 0.3) is 5.91 Å². The number of nitrogens with one attached hydrogen (secondary N) is 1. The first-order valence-corrected chi connectivity index (χ1v) is 10.9. The smallest absolute Gasteiger partial charge is 0.253 e. The van der Waals surface area contributed by atoms with Crippen LogP contribution in [0.15, 0.2) is 36.4 Å². The van der Waals surface area contributed by atoms with Gasteiger partial charge in [0.05, 0.1) is 30.2 Å². The number of hydrogen-bond donors (Lipinski definition) is 1. The van der Waals surface area contributed by atoms with Crippen LogP contribution in [-0.4, -0.2) is 50.6 Å². The number of hydrogen-bond acceptors (Lipinski definition) is 4. The van der Waals surface area contributed by atoms with Crippen LogP contribution in [0.4, 0.5) is 0 Å². The summed E-state index contributed by atoms with van der Waals surface area (Å²) in [6.07, 6.45) is 2.16. The van der Waals surface area contributed by atoms with E-state index in [-0.39, 0.29) is 17.7 Å². The molecule has 166 valence electrons. The number of rotatable bonds is 7. The summed E-state index contributed by atoms with van der Waals surface area (Å²) in [5, 5.41) is 3.74. The number of methoxy groups -OCH3 is 2. The molecule has 2 aromatic rings. The quantitative estimate of drug-likeness (QED) is 0.665. The number of likely N-dealkylation sites (tertiary alicyclic amines) is 1. The molecule has 0 bridgehead atoms. The predicted molar refractivity (Wildman–Crippen MR) is 121 cm³/mol. The minimum Gasteiger partial charge on any atom is -0.497 e. The monoisotopic (exact) mass is 464 g/mol. The summed E-state index contributed by atoms with van der Waals surface area (Å²) >= 11 is 12.0. The fourth-order valence-electron chi connectivity index (χ4n) is 3.71. The molecule has 1 aliphatic heterocycles. The van der Waals surface area contributed by atoms with Gasteiger partial charge in [-0.3, -0.25) is 9.59 Å². The highest BCUT2D eigenvalue weighted by Crippen LogP contribution is 2.26. The molecule has 0 spiro atoms. The molecular formula is C23H26Cl2N2O4. The molecule has 1 saturated heterocycles. The van der Waals surface area contributed by atoms with Gasteiger partial charge in [0.2, 0.25) is 5.91 Å². The van der Waals surface area contributed by atoms with E-state index >= 15 is 0 Å². The molecule has 0 aromatic heterocycles. The van der Waals surface area contributed by atoms with Crippen LogP contribution in [0.2, 0.25) is 10.0 Å². The average molecular weight is 465 g/mol. The Balaban J connectivity index is 1.55. The first-order chi connectivity index (χ1) is 14.9. The summed E-state index contributed by atoms with van der Waals surface area (Å²) in [5.74, 6) is 1.03. The summed E-state index contributed by atoms with van der Waals surface area (Å²) < 4.78 is 10.6. The highest BCUT2D eigenvalue weighted by molar-refractivity contribution is 6.42. The Morgan fingerprint density at radius 3 is 2.61 bits per heavy atom. The number of ether oxygens (including phenoxy) is 2. The van der Waals surface area contributed by atoms with Gasteiger partial charge >= 0.3 is 0 Å². The van der Waals surface area contributed by atoms with Crippen molar-refractivity contribution in [2.45, 2.75) is 19.3 Å². The van der Waals surface area contributed by atoms with E-state index in [0.29, 0.717) is 41.7 Å². The van der Waals surface area contributed by atoms with Crippen LogP contribution in [0.3, 0.4) is 0 Å². The lowest BCUT2D eigenvalue weighted by Crippen LogP contribution is -2.45. The largest absolute Gasteiger partial charge is 0.497 e. The molecule has 3 rings (SSSR count). The molecule has 6 nitrogen and oxygen atoms in total. The molecule has 2 aromatic carbocycles. The number of piperidine rings is 1. The Kier molecular flexibility index (Phi) is 8.04. The Labute approximate surface area is 192 Å². The Hall–Kier alpha value is -2.44. The van der Waals surface area contributed by atoms with E-state index in [0.717, 1.165) is 29.9 Å². The molecular weight excluding hydrogens is 439 g/mol. The van der Waals surface area contributed by atoms with Gasteiger partial charge < -0.3 is 19.7 Å². The van der Waals surface area contributed by atoms with E-state index in [1.807, 2.05) is 18.2 Å². The van der Waals surface area contributed by atoms with Crippen LogP contribution in [0.1, 0.15) is 28.8 Å². The van der Waals surface area contributed by atoms with Gasteiger partial charge in [-0.05, 0) is 49.1 Å². The highest BCUT2D eigenvalue weighted by atomic mass is 35.5. The Morgan fingerprint density at radius 1 is 1.10 bits per heavy atom. The van der Waals surface area contributed by atoms with Gasteiger partial charge in [0.1, 0.15) is 11.5 Å². The number of halogens is 2. The molecule has 1 N–H and O–H groups in total. The zero-order valence-corrected chi connectivity index (χ0v) is 19.1. The van der Waals surface area contributed by atoms with Gasteiger partial charge in [0, 0.05) is 31.3 Å². The van der Waals surface area contributed by atoms with Crippen LogP contribution in [-0.2, 0) is 11.2 Å². The second-order valence-corrected chi connectivity index (χ2v) is 8.25. The average Bonchev–Trinajstić information content (AvgIpc) is 2.80. The number of nitrogens with zero attached hydrogens (tertiary/aromatic N) is 1. The van der Waals surface area contributed by atoms with E-state index in [2.05, 4.69) is 5.32 Å². The summed E-state index contributed by atoms with van der Waals surface area (Å²) in [6.45, 7) is 1.49. The number of benzene rings is 2. The van der Waals surface area contributed by atoms with Crippen molar-refractivity contribution in [3.8, 4) is 11.5 Å². The third-order valence-electron chi connectivity index (χ3n) is 5.43. The van der Waals surface area contributed by atoms with Crippen LogP contribution < -0.4 is 14.8 Å². The van der Waals surface area contributed by atoms with Crippen molar-refractivity contribution in [3.63, 3.8) is 0 Å². The van der Waals surface area contributed by atoms with Gasteiger partial charge in [-0.2, -0.15) is 0 Å². The number of carbonyl (C=O) groups excluding carboxylic acids is 2. The van der Waals surface area contributed by atoms with Gasteiger partial charge in [0.15, 0.2) is 0 Å². The number of amides is 2. The minimum atomic E-state index is -0.238. The SMILES string of the molecule is COc1ccc(CCNC(=O)C2CCCN(C(=O)c3ccc(Cl)c(Cl)c3)C2)c(OC)c1. The first kappa shape index (κ1) is 23.2. The lowest BCUT2D eigenvalue weighted by Gasteiger charge is -2.32. The molecule has 1 fully saturated rings. The van der Waals surface area contributed by atoms with Gasteiger partial charge in [-0.25, -0.2) is 0 Å². The molecule has 1 aliphatic rings. The van der Waals surface area contributed by atoms with Crippen molar-refractivity contribution >= 4 is 35.0 Å². The molecule has 0 aliphatic carbocycles. The molecule has 1 atom stereocenters. The van der Waals surface area contributed by atoms with Gasteiger partial charge in [-0.1, -0.05) is 29.3 Å². The lowest BCUT2D eigenvalue weighted by molar-refractivity contribution is -0.126. The maximum atomic E-state index is 12.8. The first-order valence-electron chi connectivity index (χ1n) is 10.2. The lowest BCUT2D eigenvalue weighted by atomic mass is 9.96. The van der Waals surface area contributed by atoms with Crippen molar-refractivity contribution < 1.29 is 19.1 Å². The number of carbonyl (C=O) groups is 2. The van der Waals surface area contributed by atoms with Crippen molar-refractivity contribution in [2.24, 2.45) is 5.92 Å². The zero-order valence-electron chi connectivity index (χ0n) is 17.6. The summed E-state index contributed by atoms with van der Waals surface area (Å²) in [7, 11) is 3.22. The Morgan fingerprint density at radius 2 is 1.90 bits per heavy atom. The van der Waals surface area contributed by atoms with Crippen LogP contribution in [0, 0.1) is 5.92 Å². The van der Waals surface area contributed by atoms with Crippen LogP contribution >= 0.6 is 23.2 Å². The summed E-state index contributed by atoms with van der Waals surface area (Å²) in [5.41, 5.74) is 1.46. The molecule has 1 unspecified atom stereocenters. The molecule has 0 saturated carbocycles. The second kappa shape index (κ2) is 10.7. The van der Waals surface area contributed by atoms with Crippen molar-refractivity contribution in [1.29, 1.82) is 0 Å². The minimum absolute atomic E-state index is 0.0425. The van der Waals surface area contributed by atoms with E-state index in [4.69, 9.17) is 32.7 Å². The van der Waals surface area contributed by atoms with E-state index in [1.54, 1.807) is 37.3 Å². The predicted octanol–water partition coefficient (Wildman–Crippen LogP) is 4.22. The third-order valence-corrected chi connectivity index (χ3v) is 6.17. The molecule has 8 heteroatoms. The Bertz CT molecular complexity index is 951. The molecule has 2 amide bonds. The summed E-state index contributed by atoms with van der Waals surface area (Å²) in [4.78, 5) is 27.2. The normalized spacial score (nSPS) is 16.0.